The summed E-state index contributed by atoms with van der Waals surface area (Å²) >= 11 is 0. The molecule has 14 heteroatoms. The lowest BCUT2D eigenvalue weighted by atomic mass is 9.68. The van der Waals surface area contributed by atoms with E-state index in [1.807, 2.05) is 19.2 Å². The molecule has 7 heterocycles. The predicted molar refractivity (Wildman–Crippen MR) is 155 cm³/mol. The minimum absolute atomic E-state index is 0.0173. The second-order valence-corrected chi connectivity index (χ2v) is 12.0. The van der Waals surface area contributed by atoms with E-state index in [9.17, 15) is 9.59 Å². The lowest BCUT2D eigenvalue weighted by Crippen LogP contribution is -2.62. The fourth-order valence-electron chi connectivity index (χ4n) is 6.72. The molecule has 0 aromatic carbocycles. The summed E-state index contributed by atoms with van der Waals surface area (Å²) in [5.41, 5.74) is 0.796. The van der Waals surface area contributed by atoms with Crippen molar-refractivity contribution in [3.63, 3.8) is 0 Å². The highest BCUT2D eigenvalue weighted by atomic mass is 19.1. The van der Waals surface area contributed by atoms with E-state index in [-0.39, 0.29) is 42.7 Å². The number of fused-ring (bicyclic) bond motifs is 5. The average molecular weight is 609 g/mol. The van der Waals surface area contributed by atoms with Crippen LogP contribution in [0.5, 0.6) is 11.6 Å². The number of anilines is 2. The SMILES string of the molecule is CN(c1ccc2c(n1)NC(=O)CO2)C12CCC(CCc3c(F)cnc4ccc(OC5COCC5NC(=O)O)nc34)(CC1)OC2. The number of hydrogen-bond donors (Lipinski definition) is 3. The average Bonchev–Trinajstić information content (AvgIpc) is 3.46. The van der Waals surface area contributed by atoms with Gasteiger partial charge in [-0.1, -0.05) is 0 Å². The molecule has 0 radical (unpaired) electrons. The summed E-state index contributed by atoms with van der Waals surface area (Å²) in [6.07, 6.45) is 3.93. The summed E-state index contributed by atoms with van der Waals surface area (Å²) < 4.78 is 38.6. The van der Waals surface area contributed by atoms with Crippen molar-refractivity contribution in [2.45, 2.75) is 61.8 Å². The third-order valence-electron chi connectivity index (χ3n) is 9.43. The van der Waals surface area contributed by atoms with Gasteiger partial charge in [0.15, 0.2) is 18.2 Å². The molecule has 5 aliphatic rings. The van der Waals surface area contributed by atoms with Crippen LogP contribution in [0.4, 0.5) is 20.8 Å². The highest BCUT2D eigenvalue weighted by Crippen LogP contribution is 2.49. The van der Waals surface area contributed by atoms with Crippen LogP contribution in [0.15, 0.2) is 30.5 Å². The minimum Gasteiger partial charge on any atom is -0.480 e. The van der Waals surface area contributed by atoms with Crippen LogP contribution in [0.1, 0.15) is 37.7 Å². The zero-order valence-corrected chi connectivity index (χ0v) is 24.2. The number of carboxylic acid groups (broad SMARTS) is 1. The van der Waals surface area contributed by atoms with Crippen LogP contribution < -0.4 is 25.0 Å². The Morgan fingerprint density at radius 1 is 1.20 bits per heavy atom. The predicted octanol–water partition coefficient (Wildman–Crippen LogP) is 3.06. The minimum atomic E-state index is -1.16. The molecular weight excluding hydrogens is 575 g/mol. The Morgan fingerprint density at radius 3 is 2.82 bits per heavy atom. The molecule has 2 atom stereocenters. The summed E-state index contributed by atoms with van der Waals surface area (Å²) in [7, 11) is 2.00. The van der Waals surface area contributed by atoms with Gasteiger partial charge in [0, 0.05) is 18.7 Å². The summed E-state index contributed by atoms with van der Waals surface area (Å²) in [6, 6.07) is 6.56. The highest BCUT2D eigenvalue weighted by Gasteiger charge is 2.52. The van der Waals surface area contributed by atoms with Gasteiger partial charge in [-0.25, -0.2) is 19.2 Å². The number of carbonyl (C=O) groups is 2. The highest BCUT2D eigenvalue weighted by molar-refractivity contribution is 5.94. The van der Waals surface area contributed by atoms with Gasteiger partial charge in [0.25, 0.3) is 5.91 Å². The van der Waals surface area contributed by atoms with Crippen molar-refractivity contribution in [1.29, 1.82) is 0 Å². The third-order valence-corrected chi connectivity index (χ3v) is 9.43. The Bertz CT molecular complexity index is 1600. The topological polar surface area (TPSA) is 157 Å². The molecular formula is C30H33FN6O7. The van der Waals surface area contributed by atoms with Crippen molar-refractivity contribution >= 4 is 34.7 Å². The van der Waals surface area contributed by atoms with Crippen LogP contribution in [0, 0.1) is 5.82 Å². The molecule has 4 fully saturated rings. The normalized spacial score (nSPS) is 27.4. The maximum Gasteiger partial charge on any atom is 0.405 e. The van der Waals surface area contributed by atoms with Crippen molar-refractivity contribution in [2.24, 2.45) is 0 Å². The number of nitrogens with one attached hydrogen (secondary N) is 2. The van der Waals surface area contributed by atoms with Gasteiger partial charge in [0.05, 0.1) is 54.2 Å². The molecule has 4 aliphatic heterocycles. The number of hydrogen-bond acceptors (Lipinski definition) is 10. The molecule has 3 N–H and O–H groups in total. The first-order valence-electron chi connectivity index (χ1n) is 14.7. The van der Waals surface area contributed by atoms with Crippen molar-refractivity contribution in [3.8, 4) is 11.6 Å². The van der Waals surface area contributed by atoms with E-state index in [1.165, 1.54) is 6.20 Å². The summed E-state index contributed by atoms with van der Waals surface area (Å²) in [6.45, 7) is 0.900. The fourth-order valence-corrected chi connectivity index (χ4v) is 6.72. The maximum absolute atomic E-state index is 15.2. The van der Waals surface area contributed by atoms with Crippen LogP contribution in [-0.4, -0.2) is 88.8 Å². The van der Waals surface area contributed by atoms with Crippen LogP contribution >= 0.6 is 0 Å². The second kappa shape index (κ2) is 11.0. The molecule has 13 nitrogen and oxygen atoms in total. The number of aryl methyl sites for hydroxylation is 1. The molecule has 3 aromatic heterocycles. The smallest absolute Gasteiger partial charge is 0.405 e. The van der Waals surface area contributed by atoms with Gasteiger partial charge in [-0.2, -0.15) is 0 Å². The number of rotatable bonds is 8. The number of ether oxygens (including phenoxy) is 4. The Labute approximate surface area is 252 Å². The van der Waals surface area contributed by atoms with Crippen LogP contribution in [-0.2, 0) is 20.7 Å². The molecule has 44 heavy (non-hydrogen) atoms. The van der Waals surface area contributed by atoms with E-state index in [0.717, 1.165) is 31.5 Å². The quantitative estimate of drug-likeness (QED) is 0.345. The summed E-state index contributed by atoms with van der Waals surface area (Å²) in [4.78, 5) is 38.5. The molecule has 2 unspecified atom stereocenters. The van der Waals surface area contributed by atoms with E-state index in [0.29, 0.717) is 47.6 Å². The number of halogens is 1. The Morgan fingerprint density at radius 2 is 2.05 bits per heavy atom. The maximum atomic E-state index is 15.2. The fraction of sp³-hybridized carbons (Fsp3) is 0.500. The van der Waals surface area contributed by atoms with Crippen molar-refractivity contribution in [1.82, 2.24) is 20.3 Å². The summed E-state index contributed by atoms with van der Waals surface area (Å²) in [5, 5.41) is 14.3. The first-order valence-corrected chi connectivity index (χ1v) is 14.7. The van der Waals surface area contributed by atoms with Gasteiger partial charge in [0.2, 0.25) is 5.88 Å². The lowest BCUT2D eigenvalue weighted by molar-refractivity contribution is -0.156. The number of nitrogens with zero attached hydrogens (tertiary/aromatic N) is 4. The number of likely N-dealkylation sites (N-methyl/N-ethyl adjacent to an activating group) is 1. The van der Waals surface area contributed by atoms with Gasteiger partial charge in [0.1, 0.15) is 17.7 Å². The number of carbonyl (C=O) groups excluding carboxylic acids is 1. The van der Waals surface area contributed by atoms with Crippen LogP contribution in [0.3, 0.4) is 0 Å². The number of pyridine rings is 3. The molecule has 8 rings (SSSR count). The molecule has 2 amide bonds. The second-order valence-electron chi connectivity index (χ2n) is 12.0. The monoisotopic (exact) mass is 608 g/mol. The molecule has 3 saturated heterocycles. The molecule has 232 valence electrons. The molecule has 3 aromatic rings. The molecule has 1 saturated carbocycles. The van der Waals surface area contributed by atoms with E-state index in [2.05, 4.69) is 30.5 Å². The Balaban J connectivity index is 1.04. The van der Waals surface area contributed by atoms with Gasteiger partial charge < -0.3 is 39.6 Å². The van der Waals surface area contributed by atoms with Crippen LogP contribution in [0.25, 0.3) is 11.0 Å². The summed E-state index contributed by atoms with van der Waals surface area (Å²) in [5.74, 6) is 1.29. The van der Waals surface area contributed by atoms with E-state index >= 15 is 4.39 Å². The van der Waals surface area contributed by atoms with Gasteiger partial charge in [-0.05, 0) is 56.7 Å². The van der Waals surface area contributed by atoms with Crippen molar-refractivity contribution in [3.05, 3.63) is 41.8 Å². The third kappa shape index (κ3) is 5.21. The Hall–Kier alpha value is -4.30. The largest absolute Gasteiger partial charge is 0.480 e. The lowest BCUT2D eigenvalue weighted by Gasteiger charge is -2.56. The van der Waals surface area contributed by atoms with Gasteiger partial charge >= 0.3 is 6.09 Å². The van der Waals surface area contributed by atoms with E-state index in [4.69, 9.17) is 24.1 Å². The Kier molecular flexibility index (Phi) is 7.12. The van der Waals surface area contributed by atoms with Gasteiger partial charge in [-0.3, -0.25) is 9.78 Å². The standard InChI is InChI=1S/C30H33FN6O7/c1-37(23-4-3-21-27(34-23)35-24(38)15-42-21)29-8-10-30(11-9-29,43-16-29)7-6-17-18(31)12-32-19-2-5-25(36-26(17)19)44-22-14-41-13-20(22)33-28(39)40/h2-5,12,20,22,33H,6-11,13-16H2,1H3,(H,39,40)(H,34,35,38). The zero-order valence-electron chi connectivity index (χ0n) is 24.2. The van der Waals surface area contributed by atoms with Crippen molar-refractivity contribution < 1.29 is 38.0 Å². The van der Waals surface area contributed by atoms with Crippen LogP contribution in [0.2, 0.25) is 0 Å². The molecule has 0 spiro atoms. The first-order chi connectivity index (χ1) is 21.2. The zero-order chi connectivity index (χ0) is 30.5. The van der Waals surface area contributed by atoms with E-state index in [1.54, 1.807) is 12.1 Å². The molecule has 2 bridgehead atoms. The van der Waals surface area contributed by atoms with E-state index < -0.39 is 24.1 Å². The first kappa shape index (κ1) is 28.5. The number of aromatic nitrogens is 3. The van der Waals surface area contributed by atoms with Gasteiger partial charge in [-0.15, -0.1) is 0 Å². The van der Waals surface area contributed by atoms with Crippen molar-refractivity contribution in [2.75, 3.05) is 43.7 Å². The molecule has 1 aliphatic carbocycles. The number of amides is 2.